The number of rotatable bonds is 6. The van der Waals surface area contributed by atoms with Gasteiger partial charge in [0.2, 0.25) is 6.79 Å². The molecule has 0 amide bonds. The Bertz CT molecular complexity index is 1570. The molecule has 2 aromatic carbocycles. The molecule has 0 spiro atoms. The molecule has 0 saturated carbocycles. The molecule has 3 heterocycles. The Labute approximate surface area is 210 Å². The predicted octanol–water partition coefficient (Wildman–Crippen LogP) is 2.54. The number of carbonyl (C=O) groups excluding carboxylic acids is 1. The standard InChI is InChI=1S/C26H24N2O7S/c1-5-33-25(30)22-14(2)27-26-28(23(22)16-7-9-18-20(12-16)35-13-34-18)24(29)21(36-26)11-15-6-8-17(31-3)19(10-15)32-4/h6-12,23H,5,13H2,1-4H3. The zero-order valence-electron chi connectivity index (χ0n) is 20.2. The topological polar surface area (TPSA) is 97.6 Å². The van der Waals surface area contributed by atoms with Gasteiger partial charge in [-0.05, 0) is 55.3 Å². The van der Waals surface area contributed by atoms with Crippen molar-refractivity contribution in [2.75, 3.05) is 27.6 Å². The summed E-state index contributed by atoms with van der Waals surface area (Å²) in [5.74, 6) is 1.79. The van der Waals surface area contributed by atoms with Crippen LogP contribution in [0.4, 0.5) is 0 Å². The number of carbonyl (C=O) groups is 1. The molecule has 1 aromatic heterocycles. The van der Waals surface area contributed by atoms with Crippen molar-refractivity contribution in [3.8, 4) is 23.0 Å². The van der Waals surface area contributed by atoms with Gasteiger partial charge in [0.1, 0.15) is 0 Å². The van der Waals surface area contributed by atoms with Crippen LogP contribution < -0.4 is 33.8 Å². The summed E-state index contributed by atoms with van der Waals surface area (Å²) < 4.78 is 29.0. The Morgan fingerprint density at radius 2 is 1.92 bits per heavy atom. The van der Waals surface area contributed by atoms with Gasteiger partial charge in [-0.25, -0.2) is 9.79 Å². The van der Waals surface area contributed by atoms with E-state index in [0.29, 0.717) is 49.2 Å². The van der Waals surface area contributed by atoms with Crippen LogP contribution in [0, 0.1) is 0 Å². The molecule has 0 bridgehead atoms. The van der Waals surface area contributed by atoms with Crippen LogP contribution in [-0.2, 0) is 9.53 Å². The second-order valence-electron chi connectivity index (χ2n) is 8.03. The molecule has 0 N–H and O–H groups in total. The van der Waals surface area contributed by atoms with Crippen LogP contribution in [-0.4, -0.2) is 38.2 Å². The van der Waals surface area contributed by atoms with E-state index >= 15 is 0 Å². The average molecular weight is 509 g/mol. The van der Waals surface area contributed by atoms with Gasteiger partial charge in [-0.2, -0.15) is 0 Å². The summed E-state index contributed by atoms with van der Waals surface area (Å²) in [6.45, 7) is 3.80. The maximum atomic E-state index is 13.7. The highest BCUT2D eigenvalue weighted by Crippen LogP contribution is 2.38. The van der Waals surface area contributed by atoms with Crippen molar-refractivity contribution in [3.63, 3.8) is 0 Å². The van der Waals surface area contributed by atoms with Crippen LogP contribution in [0.2, 0.25) is 0 Å². The third kappa shape index (κ3) is 4.03. The number of methoxy groups -OCH3 is 2. The molecule has 186 valence electrons. The van der Waals surface area contributed by atoms with Crippen molar-refractivity contribution < 1.29 is 28.5 Å². The number of benzene rings is 2. The summed E-state index contributed by atoms with van der Waals surface area (Å²) in [6.07, 6.45) is 1.77. The van der Waals surface area contributed by atoms with Gasteiger partial charge in [0.15, 0.2) is 27.8 Å². The largest absolute Gasteiger partial charge is 0.493 e. The van der Waals surface area contributed by atoms with Gasteiger partial charge in [0, 0.05) is 0 Å². The van der Waals surface area contributed by atoms with Gasteiger partial charge in [0.25, 0.3) is 5.56 Å². The van der Waals surface area contributed by atoms with Crippen LogP contribution in [0.25, 0.3) is 6.08 Å². The lowest BCUT2D eigenvalue weighted by Gasteiger charge is -2.24. The van der Waals surface area contributed by atoms with Crippen molar-refractivity contribution >= 4 is 23.4 Å². The quantitative estimate of drug-likeness (QED) is 0.472. The Kier molecular flexibility index (Phi) is 6.27. The molecular formula is C26H24N2O7S. The van der Waals surface area contributed by atoms with Crippen molar-refractivity contribution in [2.24, 2.45) is 4.99 Å². The Morgan fingerprint density at radius 3 is 2.67 bits per heavy atom. The number of ether oxygens (including phenoxy) is 5. The smallest absolute Gasteiger partial charge is 0.338 e. The molecule has 3 aromatic rings. The third-order valence-corrected chi connectivity index (χ3v) is 6.92. The lowest BCUT2D eigenvalue weighted by atomic mass is 9.95. The highest BCUT2D eigenvalue weighted by atomic mass is 32.1. The summed E-state index contributed by atoms with van der Waals surface area (Å²) in [5.41, 5.74) is 1.98. The molecule has 36 heavy (non-hydrogen) atoms. The van der Waals surface area contributed by atoms with Crippen LogP contribution in [0.3, 0.4) is 0 Å². The lowest BCUT2D eigenvalue weighted by molar-refractivity contribution is -0.139. The fourth-order valence-corrected chi connectivity index (χ4v) is 5.33. The Hall–Kier alpha value is -4.05. The van der Waals surface area contributed by atoms with E-state index in [4.69, 9.17) is 23.7 Å². The molecule has 1 atom stereocenters. The van der Waals surface area contributed by atoms with Gasteiger partial charge in [-0.15, -0.1) is 0 Å². The van der Waals surface area contributed by atoms with E-state index in [1.807, 2.05) is 12.1 Å². The minimum atomic E-state index is -0.734. The molecule has 0 fully saturated rings. The van der Waals surface area contributed by atoms with E-state index in [0.717, 1.165) is 5.56 Å². The first-order valence-electron chi connectivity index (χ1n) is 11.3. The van der Waals surface area contributed by atoms with E-state index in [1.165, 1.54) is 15.9 Å². The fourth-order valence-electron chi connectivity index (χ4n) is 4.28. The number of allylic oxidation sites excluding steroid dienone is 1. The maximum Gasteiger partial charge on any atom is 0.338 e. The van der Waals surface area contributed by atoms with Gasteiger partial charge in [0.05, 0.1) is 42.7 Å². The number of esters is 1. The van der Waals surface area contributed by atoms with Gasteiger partial charge < -0.3 is 23.7 Å². The highest BCUT2D eigenvalue weighted by molar-refractivity contribution is 7.07. The summed E-state index contributed by atoms with van der Waals surface area (Å²) >= 11 is 1.25. The zero-order chi connectivity index (χ0) is 25.4. The minimum Gasteiger partial charge on any atom is -0.493 e. The number of hydrogen-bond donors (Lipinski definition) is 0. The molecule has 9 nitrogen and oxygen atoms in total. The Morgan fingerprint density at radius 1 is 1.14 bits per heavy atom. The maximum absolute atomic E-state index is 13.7. The summed E-state index contributed by atoms with van der Waals surface area (Å²) in [5, 5.41) is 0. The number of thiazole rings is 1. The molecule has 2 aliphatic heterocycles. The van der Waals surface area contributed by atoms with Crippen molar-refractivity contribution in [3.05, 3.63) is 78.5 Å². The summed E-state index contributed by atoms with van der Waals surface area (Å²) in [6, 6.07) is 10.1. The molecule has 0 saturated heterocycles. The monoisotopic (exact) mass is 508 g/mol. The lowest BCUT2D eigenvalue weighted by Crippen LogP contribution is -2.39. The number of nitrogens with zero attached hydrogens (tertiary/aromatic N) is 2. The summed E-state index contributed by atoms with van der Waals surface area (Å²) in [7, 11) is 3.12. The van der Waals surface area contributed by atoms with Crippen molar-refractivity contribution in [1.29, 1.82) is 0 Å². The molecule has 1 unspecified atom stereocenters. The van der Waals surface area contributed by atoms with Gasteiger partial charge in [-0.1, -0.05) is 23.5 Å². The van der Waals surface area contributed by atoms with Crippen LogP contribution in [0.5, 0.6) is 23.0 Å². The average Bonchev–Trinajstić information content (AvgIpc) is 3.46. The van der Waals surface area contributed by atoms with E-state index in [2.05, 4.69) is 4.99 Å². The normalized spacial score (nSPS) is 16.4. The molecular weight excluding hydrogens is 484 g/mol. The first-order chi connectivity index (χ1) is 17.4. The zero-order valence-corrected chi connectivity index (χ0v) is 21.0. The molecule has 5 rings (SSSR count). The predicted molar refractivity (Wildman–Crippen MR) is 133 cm³/mol. The number of fused-ring (bicyclic) bond motifs is 2. The van der Waals surface area contributed by atoms with Crippen LogP contribution in [0.1, 0.15) is 31.0 Å². The van der Waals surface area contributed by atoms with Crippen molar-refractivity contribution in [1.82, 2.24) is 4.57 Å². The second-order valence-corrected chi connectivity index (χ2v) is 9.04. The number of hydrogen-bond acceptors (Lipinski definition) is 9. The van der Waals surface area contributed by atoms with E-state index in [1.54, 1.807) is 58.4 Å². The molecule has 0 aliphatic carbocycles. The first kappa shape index (κ1) is 23.7. The van der Waals surface area contributed by atoms with Crippen LogP contribution >= 0.6 is 11.3 Å². The molecule has 0 radical (unpaired) electrons. The van der Waals surface area contributed by atoms with Gasteiger partial charge in [-0.3, -0.25) is 9.36 Å². The highest BCUT2D eigenvalue weighted by Gasteiger charge is 2.34. The minimum absolute atomic E-state index is 0.118. The number of aromatic nitrogens is 1. The van der Waals surface area contributed by atoms with E-state index < -0.39 is 12.0 Å². The second kappa shape index (κ2) is 9.54. The fraction of sp³-hybridized carbons (Fsp3) is 0.269. The Balaban J connectivity index is 1.70. The third-order valence-electron chi connectivity index (χ3n) is 5.93. The van der Waals surface area contributed by atoms with Crippen LogP contribution in [0.15, 0.2) is 57.5 Å². The SMILES string of the molecule is CCOC(=O)C1=C(C)N=c2sc(=Cc3ccc(OC)c(OC)c3)c(=O)n2C1c1ccc2c(c1)OCO2. The molecule has 10 heteroatoms. The van der Waals surface area contributed by atoms with Crippen molar-refractivity contribution in [2.45, 2.75) is 19.9 Å². The van der Waals surface area contributed by atoms with E-state index in [9.17, 15) is 9.59 Å². The molecule has 2 aliphatic rings. The van der Waals surface area contributed by atoms with E-state index in [-0.39, 0.29) is 19.0 Å². The summed E-state index contributed by atoms with van der Waals surface area (Å²) in [4.78, 5) is 31.9. The first-order valence-corrected chi connectivity index (χ1v) is 12.1. The van der Waals surface area contributed by atoms with Gasteiger partial charge >= 0.3 is 5.97 Å².